The van der Waals surface area contributed by atoms with Gasteiger partial charge in [-0.25, -0.2) is 0 Å². The highest BCUT2D eigenvalue weighted by Crippen LogP contribution is 2.41. The van der Waals surface area contributed by atoms with Gasteiger partial charge in [-0.1, -0.05) is 6.42 Å². The molecule has 2 rings (SSSR count). The number of benzene rings is 1. The molecule has 0 spiro atoms. The van der Waals surface area contributed by atoms with Crippen molar-refractivity contribution in [2.24, 2.45) is 5.41 Å². The number of hydrogen-bond acceptors (Lipinski definition) is 5. The third kappa shape index (κ3) is 2.40. The third-order valence-electron chi connectivity index (χ3n) is 3.71. The van der Waals surface area contributed by atoms with Crippen molar-refractivity contribution in [2.45, 2.75) is 19.3 Å². The first-order valence-electron chi connectivity index (χ1n) is 6.14. The number of carboxylic acid groups (broad SMARTS) is 1. The molecule has 0 aromatic heterocycles. The first-order chi connectivity index (χ1) is 9.48. The average molecular weight is 275 g/mol. The summed E-state index contributed by atoms with van der Waals surface area (Å²) in [7, 11) is 0. The number of rotatable bonds is 5. The topological polar surface area (TPSA) is 116 Å². The van der Waals surface area contributed by atoms with Gasteiger partial charge in [0.25, 0.3) is 5.69 Å². The molecule has 0 radical (unpaired) electrons. The van der Waals surface area contributed by atoms with E-state index in [-0.39, 0.29) is 17.8 Å². The molecule has 0 bridgehead atoms. The van der Waals surface area contributed by atoms with E-state index in [9.17, 15) is 20.0 Å². The molecule has 104 valence electrons. The van der Waals surface area contributed by atoms with Crippen LogP contribution in [-0.2, 0) is 4.79 Å². The molecule has 0 amide bonds. The quantitative estimate of drug-likeness (QED) is 0.628. The molecule has 0 saturated heterocycles. The van der Waals surface area contributed by atoms with Crippen molar-refractivity contribution in [1.29, 1.82) is 5.26 Å². The second-order valence-corrected chi connectivity index (χ2v) is 4.89. The molecule has 0 heterocycles. The van der Waals surface area contributed by atoms with Crippen molar-refractivity contribution in [3.63, 3.8) is 0 Å². The van der Waals surface area contributed by atoms with Gasteiger partial charge in [0.15, 0.2) is 0 Å². The van der Waals surface area contributed by atoms with Crippen molar-refractivity contribution in [3.8, 4) is 6.07 Å². The lowest BCUT2D eigenvalue weighted by Gasteiger charge is -2.37. The molecule has 7 nitrogen and oxygen atoms in total. The number of nitriles is 1. The number of anilines is 1. The number of nitro benzene ring substituents is 1. The van der Waals surface area contributed by atoms with E-state index in [1.165, 1.54) is 12.1 Å². The number of nitrogens with one attached hydrogen (secondary N) is 1. The van der Waals surface area contributed by atoms with Gasteiger partial charge >= 0.3 is 5.97 Å². The lowest BCUT2D eigenvalue weighted by atomic mass is 9.69. The maximum atomic E-state index is 11.2. The zero-order valence-electron chi connectivity index (χ0n) is 10.6. The number of aliphatic carboxylic acids is 1. The zero-order chi connectivity index (χ0) is 14.8. The fourth-order valence-corrected chi connectivity index (χ4v) is 2.23. The monoisotopic (exact) mass is 275 g/mol. The lowest BCUT2D eigenvalue weighted by molar-refractivity contribution is -0.385. The number of carbonyl (C=O) groups is 1. The average Bonchev–Trinajstić information content (AvgIpc) is 2.36. The van der Waals surface area contributed by atoms with Crippen molar-refractivity contribution >= 4 is 17.3 Å². The van der Waals surface area contributed by atoms with Crippen molar-refractivity contribution in [3.05, 3.63) is 33.9 Å². The number of carboxylic acids is 1. The normalized spacial score (nSPS) is 15.8. The first-order valence-corrected chi connectivity index (χ1v) is 6.14. The third-order valence-corrected chi connectivity index (χ3v) is 3.71. The van der Waals surface area contributed by atoms with Gasteiger partial charge in [0.1, 0.15) is 11.6 Å². The van der Waals surface area contributed by atoms with Crippen LogP contribution in [0, 0.1) is 26.9 Å². The lowest BCUT2D eigenvalue weighted by Crippen LogP contribution is -2.43. The Morgan fingerprint density at radius 3 is 2.70 bits per heavy atom. The highest BCUT2D eigenvalue weighted by molar-refractivity contribution is 5.76. The van der Waals surface area contributed by atoms with Gasteiger partial charge in [-0.05, 0) is 25.0 Å². The van der Waals surface area contributed by atoms with E-state index in [1.807, 2.05) is 0 Å². The van der Waals surface area contributed by atoms with Crippen LogP contribution in [-0.4, -0.2) is 22.5 Å². The van der Waals surface area contributed by atoms with Gasteiger partial charge in [0.2, 0.25) is 0 Å². The molecular weight excluding hydrogens is 262 g/mol. The Hall–Kier alpha value is -2.62. The van der Waals surface area contributed by atoms with Crippen LogP contribution in [0.5, 0.6) is 0 Å². The van der Waals surface area contributed by atoms with Gasteiger partial charge in [0, 0.05) is 18.3 Å². The molecule has 1 aromatic rings. The summed E-state index contributed by atoms with van der Waals surface area (Å²) in [4.78, 5) is 21.4. The van der Waals surface area contributed by atoms with Gasteiger partial charge in [-0.15, -0.1) is 0 Å². The van der Waals surface area contributed by atoms with Crippen molar-refractivity contribution in [2.75, 3.05) is 11.9 Å². The fraction of sp³-hybridized carbons (Fsp3) is 0.385. The van der Waals surface area contributed by atoms with Crippen LogP contribution in [0.1, 0.15) is 24.8 Å². The number of nitrogens with zero attached hydrogens (tertiary/aromatic N) is 2. The van der Waals surface area contributed by atoms with Gasteiger partial charge in [-0.2, -0.15) is 5.26 Å². The van der Waals surface area contributed by atoms with Crippen LogP contribution >= 0.6 is 0 Å². The molecule has 2 N–H and O–H groups in total. The molecule has 1 saturated carbocycles. The van der Waals surface area contributed by atoms with Gasteiger partial charge in [-0.3, -0.25) is 14.9 Å². The predicted molar refractivity (Wildman–Crippen MR) is 70.2 cm³/mol. The summed E-state index contributed by atoms with van der Waals surface area (Å²) in [5.41, 5.74) is -0.626. The van der Waals surface area contributed by atoms with E-state index < -0.39 is 16.3 Å². The minimum atomic E-state index is -0.848. The van der Waals surface area contributed by atoms with E-state index in [0.717, 1.165) is 6.42 Å². The highest BCUT2D eigenvalue weighted by atomic mass is 16.6. The molecular formula is C13H13N3O4. The van der Waals surface area contributed by atoms with Crippen molar-refractivity contribution < 1.29 is 14.8 Å². The largest absolute Gasteiger partial charge is 0.481 e. The maximum absolute atomic E-state index is 11.2. The van der Waals surface area contributed by atoms with E-state index in [0.29, 0.717) is 18.5 Å². The summed E-state index contributed by atoms with van der Waals surface area (Å²) in [6.07, 6.45) is 2.09. The summed E-state index contributed by atoms with van der Waals surface area (Å²) >= 11 is 0. The molecule has 1 fully saturated rings. The van der Waals surface area contributed by atoms with Crippen LogP contribution in [0.3, 0.4) is 0 Å². The highest BCUT2D eigenvalue weighted by Gasteiger charge is 2.44. The Morgan fingerprint density at radius 1 is 1.55 bits per heavy atom. The molecule has 7 heteroatoms. The molecule has 0 unspecified atom stereocenters. The number of hydrogen-bond donors (Lipinski definition) is 2. The first kappa shape index (κ1) is 13.8. The minimum Gasteiger partial charge on any atom is -0.481 e. The molecule has 1 aromatic carbocycles. The van der Waals surface area contributed by atoms with Crippen LogP contribution in [0.2, 0.25) is 0 Å². The Balaban J connectivity index is 2.15. The van der Waals surface area contributed by atoms with Crippen LogP contribution in [0.15, 0.2) is 18.2 Å². The van der Waals surface area contributed by atoms with Crippen LogP contribution < -0.4 is 5.32 Å². The Bertz CT molecular complexity index is 602. The van der Waals surface area contributed by atoms with Gasteiger partial charge in [0.05, 0.1) is 10.3 Å². The van der Waals surface area contributed by atoms with Crippen LogP contribution in [0.25, 0.3) is 0 Å². The number of nitro groups is 1. The summed E-state index contributed by atoms with van der Waals surface area (Å²) in [5.74, 6) is -0.848. The standard InChI is InChI=1S/C13H13N3O4/c14-7-9-2-3-10(6-11(9)16(19)20)15-8-13(12(17)18)4-1-5-13/h2-3,6,15H,1,4-5,8H2,(H,17,18). The van der Waals surface area contributed by atoms with E-state index in [2.05, 4.69) is 5.32 Å². The predicted octanol–water partition coefficient (Wildman–Crippen LogP) is 2.13. The second kappa shape index (κ2) is 5.17. The molecule has 20 heavy (non-hydrogen) atoms. The molecule has 0 aliphatic heterocycles. The Kier molecular flexibility index (Phi) is 3.57. The van der Waals surface area contributed by atoms with E-state index >= 15 is 0 Å². The summed E-state index contributed by atoms with van der Waals surface area (Å²) in [6.45, 7) is 0.228. The fourth-order valence-electron chi connectivity index (χ4n) is 2.23. The maximum Gasteiger partial charge on any atom is 0.311 e. The molecule has 0 atom stereocenters. The second-order valence-electron chi connectivity index (χ2n) is 4.89. The molecule has 1 aliphatic rings. The Morgan fingerprint density at radius 2 is 2.25 bits per heavy atom. The SMILES string of the molecule is N#Cc1ccc(NCC2(C(=O)O)CCC2)cc1[N+](=O)[O-]. The molecule has 1 aliphatic carbocycles. The van der Waals surface area contributed by atoms with E-state index in [1.54, 1.807) is 12.1 Å². The van der Waals surface area contributed by atoms with E-state index in [4.69, 9.17) is 5.26 Å². The van der Waals surface area contributed by atoms with Crippen molar-refractivity contribution in [1.82, 2.24) is 0 Å². The summed E-state index contributed by atoms with van der Waals surface area (Å²) < 4.78 is 0. The summed E-state index contributed by atoms with van der Waals surface area (Å²) in [6, 6.07) is 5.91. The van der Waals surface area contributed by atoms with Gasteiger partial charge < -0.3 is 10.4 Å². The minimum absolute atomic E-state index is 0.0165. The van der Waals surface area contributed by atoms with Crippen LogP contribution in [0.4, 0.5) is 11.4 Å². The summed E-state index contributed by atoms with van der Waals surface area (Å²) in [5, 5.41) is 31.7. The Labute approximate surface area is 115 Å². The smallest absolute Gasteiger partial charge is 0.311 e. The zero-order valence-corrected chi connectivity index (χ0v) is 10.6.